The fraction of sp³-hybridized carbons (Fsp3) is 0.474. The Balaban J connectivity index is 1.48. The molecule has 2 saturated heterocycles. The van der Waals surface area contributed by atoms with Crippen LogP contribution in [-0.4, -0.2) is 42.9 Å². The van der Waals surface area contributed by atoms with Crippen LogP contribution in [0, 0.1) is 11.8 Å². The molecule has 1 spiro atoms. The molecule has 4 heterocycles. The Labute approximate surface area is 150 Å². The van der Waals surface area contributed by atoms with Gasteiger partial charge in [-0.1, -0.05) is 12.2 Å². The van der Waals surface area contributed by atoms with Gasteiger partial charge in [-0.25, -0.2) is 0 Å². The summed E-state index contributed by atoms with van der Waals surface area (Å²) in [6.45, 7) is 4.40. The molecule has 4 aliphatic rings. The molecule has 2 fully saturated rings. The summed E-state index contributed by atoms with van der Waals surface area (Å²) in [5.41, 5.74) is 0.00314. The quantitative estimate of drug-likeness (QED) is 0.825. The average Bonchev–Trinajstić information content (AvgIpc) is 3.33. The molecule has 1 aromatic carbocycles. The third-order valence-electron chi connectivity index (χ3n) is 5.50. The second-order valence-electron chi connectivity index (χ2n) is 7.53. The van der Waals surface area contributed by atoms with Crippen LogP contribution in [0.5, 0.6) is 11.5 Å². The zero-order chi connectivity index (χ0) is 18.1. The van der Waals surface area contributed by atoms with Crippen LogP contribution in [0.1, 0.15) is 13.8 Å². The fourth-order valence-corrected chi connectivity index (χ4v) is 4.45. The molecule has 5 rings (SSSR count). The van der Waals surface area contributed by atoms with Crippen LogP contribution in [0.2, 0.25) is 0 Å². The van der Waals surface area contributed by atoms with Crippen LogP contribution in [-0.2, 0) is 14.3 Å². The van der Waals surface area contributed by atoms with Gasteiger partial charge in [0.2, 0.25) is 18.6 Å². The molecule has 0 saturated carbocycles. The molecule has 1 N–H and O–H groups in total. The van der Waals surface area contributed by atoms with Gasteiger partial charge in [0.15, 0.2) is 11.5 Å². The monoisotopic (exact) mass is 356 g/mol. The van der Waals surface area contributed by atoms with Crippen LogP contribution < -0.4 is 19.7 Å². The molecule has 2 amide bonds. The third kappa shape index (κ3) is 2.03. The minimum absolute atomic E-state index is 0.0167. The summed E-state index contributed by atoms with van der Waals surface area (Å²) >= 11 is 0. The van der Waals surface area contributed by atoms with E-state index in [0.717, 1.165) is 5.69 Å². The maximum absolute atomic E-state index is 13.2. The van der Waals surface area contributed by atoms with E-state index in [-0.39, 0.29) is 30.8 Å². The Morgan fingerprint density at radius 2 is 2.12 bits per heavy atom. The Kier molecular flexibility index (Phi) is 3.16. The number of carbonyl (C=O) groups excluding carboxylic acids is 2. The van der Waals surface area contributed by atoms with Gasteiger partial charge >= 0.3 is 0 Å². The van der Waals surface area contributed by atoms with Gasteiger partial charge < -0.3 is 24.4 Å². The Morgan fingerprint density at radius 3 is 2.92 bits per heavy atom. The van der Waals surface area contributed by atoms with E-state index >= 15 is 0 Å². The summed E-state index contributed by atoms with van der Waals surface area (Å²) in [5.74, 6) is 0.0991. The van der Waals surface area contributed by atoms with Crippen molar-refractivity contribution in [3.05, 3.63) is 30.4 Å². The number of amides is 2. The van der Waals surface area contributed by atoms with Gasteiger partial charge in [0.05, 0.1) is 24.5 Å². The Bertz CT molecular complexity index is 835. The highest BCUT2D eigenvalue weighted by atomic mass is 16.7. The van der Waals surface area contributed by atoms with E-state index in [2.05, 4.69) is 5.32 Å². The first-order chi connectivity index (χ1) is 12.5. The first-order valence-corrected chi connectivity index (χ1v) is 8.87. The van der Waals surface area contributed by atoms with Gasteiger partial charge in [-0.3, -0.25) is 9.59 Å². The number of rotatable bonds is 3. The molecular formula is C19H20N2O5. The van der Waals surface area contributed by atoms with Crippen molar-refractivity contribution in [2.75, 3.05) is 18.2 Å². The molecule has 0 aliphatic carbocycles. The lowest BCUT2D eigenvalue weighted by Crippen LogP contribution is -2.45. The maximum Gasteiger partial charge on any atom is 0.234 e. The summed E-state index contributed by atoms with van der Waals surface area (Å²) in [5, 5.41) is 2.93. The van der Waals surface area contributed by atoms with Gasteiger partial charge in [-0.15, -0.1) is 0 Å². The number of benzene rings is 1. The predicted molar refractivity (Wildman–Crippen MR) is 91.9 cm³/mol. The zero-order valence-electron chi connectivity index (χ0n) is 14.6. The third-order valence-corrected chi connectivity index (χ3v) is 5.50. The molecule has 0 radical (unpaired) electrons. The second-order valence-corrected chi connectivity index (χ2v) is 7.53. The Morgan fingerprint density at radius 1 is 1.31 bits per heavy atom. The lowest BCUT2D eigenvalue weighted by Gasteiger charge is -2.24. The van der Waals surface area contributed by atoms with Crippen molar-refractivity contribution in [2.45, 2.75) is 31.6 Å². The van der Waals surface area contributed by atoms with Gasteiger partial charge in [0, 0.05) is 17.8 Å². The highest BCUT2D eigenvalue weighted by Gasteiger charge is 2.67. The minimum Gasteiger partial charge on any atom is -0.454 e. The van der Waals surface area contributed by atoms with Crippen LogP contribution in [0.25, 0.3) is 0 Å². The largest absolute Gasteiger partial charge is 0.454 e. The molecular weight excluding hydrogens is 336 g/mol. The normalized spacial score (nSPS) is 33.3. The lowest BCUT2D eigenvalue weighted by molar-refractivity contribution is -0.132. The number of ether oxygens (including phenoxy) is 3. The SMILES string of the molecule is CC(C)NC(=O)[C@@H]1[C@H]2C=C[C@@]3(CN(c4ccc5c(c4)OCO5)C(=O)[C@@H]13)O2. The highest BCUT2D eigenvalue weighted by Crippen LogP contribution is 2.53. The highest BCUT2D eigenvalue weighted by molar-refractivity contribution is 6.03. The lowest BCUT2D eigenvalue weighted by atomic mass is 9.76. The number of nitrogens with zero attached hydrogens (tertiary/aromatic N) is 1. The number of carbonyl (C=O) groups is 2. The topological polar surface area (TPSA) is 77.1 Å². The van der Waals surface area contributed by atoms with Crippen molar-refractivity contribution < 1.29 is 23.8 Å². The van der Waals surface area contributed by atoms with Crippen LogP contribution >= 0.6 is 0 Å². The number of hydrogen-bond donors (Lipinski definition) is 1. The van der Waals surface area contributed by atoms with E-state index in [4.69, 9.17) is 14.2 Å². The molecule has 26 heavy (non-hydrogen) atoms. The minimum atomic E-state index is -0.725. The predicted octanol–water partition coefficient (Wildman–Crippen LogP) is 1.23. The summed E-state index contributed by atoms with van der Waals surface area (Å²) in [4.78, 5) is 27.6. The first-order valence-electron chi connectivity index (χ1n) is 8.87. The molecule has 4 atom stereocenters. The summed E-state index contributed by atoms with van der Waals surface area (Å²) in [6.07, 6.45) is 3.53. The van der Waals surface area contributed by atoms with E-state index in [1.165, 1.54) is 0 Å². The van der Waals surface area contributed by atoms with E-state index in [9.17, 15) is 9.59 Å². The van der Waals surface area contributed by atoms with Gasteiger partial charge in [0.1, 0.15) is 5.60 Å². The van der Waals surface area contributed by atoms with Crippen molar-refractivity contribution in [1.29, 1.82) is 0 Å². The zero-order valence-corrected chi connectivity index (χ0v) is 14.6. The summed E-state index contributed by atoms with van der Waals surface area (Å²) in [7, 11) is 0. The van der Waals surface area contributed by atoms with Crippen molar-refractivity contribution in [3.8, 4) is 11.5 Å². The average molecular weight is 356 g/mol. The van der Waals surface area contributed by atoms with E-state index in [0.29, 0.717) is 18.0 Å². The summed E-state index contributed by atoms with van der Waals surface area (Å²) in [6, 6.07) is 5.45. The van der Waals surface area contributed by atoms with Crippen LogP contribution in [0.15, 0.2) is 30.4 Å². The molecule has 7 nitrogen and oxygen atoms in total. The van der Waals surface area contributed by atoms with Gasteiger partial charge in [-0.2, -0.15) is 0 Å². The molecule has 136 valence electrons. The number of hydrogen-bond acceptors (Lipinski definition) is 5. The first kappa shape index (κ1) is 15.7. The molecule has 0 unspecified atom stereocenters. The molecule has 2 bridgehead atoms. The maximum atomic E-state index is 13.2. The summed E-state index contributed by atoms with van der Waals surface area (Å²) < 4.78 is 16.9. The molecule has 4 aliphatic heterocycles. The van der Waals surface area contributed by atoms with Crippen molar-refractivity contribution in [2.24, 2.45) is 11.8 Å². The molecule has 7 heteroatoms. The van der Waals surface area contributed by atoms with Gasteiger partial charge in [-0.05, 0) is 26.0 Å². The fourth-order valence-electron chi connectivity index (χ4n) is 4.45. The van der Waals surface area contributed by atoms with E-state index < -0.39 is 17.4 Å². The Hall–Kier alpha value is -2.54. The molecule has 0 aromatic heterocycles. The second kappa shape index (κ2) is 5.23. The standard InChI is InChI=1S/C19H20N2O5/c1-10(2)20-17(22)15-13-5-6-19(26-13)8-21(18(23)16(15)19)11-3-4-12-14(7-11)25-9-24-12/h3-7,10,13,15-16H,8-9H2,1-2H3,(H,20,22)/t13-,15-,16-,19+/m1/s1. The van der Waals surface area contributed by atoms with Gasteiger partial charge in [0.25, 0.3) is 0 Å². The number of anilines is 1. The van der Waals surface area contributed by atoms with Crippen molar-refractivity contribution in [3.63, 3.8) is 0 Å². The van der Waals surface area contributed by atoms with Crippen molar-refractivity contribution in [1.82, 2.24) is 5.32 Å². The van der Waals surface area contributed by atoms with E-state index in [1.807, 2.05) is 32.1 Å². The van der Waals surface area contributed by atoms with Crippen LogP contribution in [0.3, 0.4) is 0 Å². The van der Waals surface area contributed by atoms with Crippen molar-refractivity contribution >= 4 is 17.5 Å². The number of fused-ring (bicyclic) bond motifs is 2. The van der Waals surface area contributed by atoms with E-state index in [1.54, 1.807) is 17.0 Å². The smallest absolute Gasteiger partial charge is 0.234 e. The number of nitrogens with one attached hydrogen (secondary N) is 1. The van der Waals surface area contributed by atoms with Crippen LogP contribution in [0.4, 0.5) is 5.69 Å². The molecule has 1 aromatic rings.